The van der Waals surface area contributed by atoms with Crippen LogP contribution in [0, 0.1) is 5.41 Å². The molecule has 2 N–H and O–H groups in total. The minimum Gasteiger partial charge on any atom is -0.325 e. The van der Waals surface area contributed by atoms with Crippen molar-refractivity contribution in [2.24, 2.45) is 5.41 Å². The van der Waals surface area contributed by atoms with Crippen molar-refractivity contribution < 1.29 is 9.59 Å². The van der Waals surface area contributed by atoms with Crippen LogP contribution in [0.1, 0.15) is 46.7 Å². The molecule has 0 aliphatic heterocycles. The summed E-state index contributed by atoms with van der Waals surface area (Å²) in [7, 11) is 0. The molecule has 27 heavy (non-hydrogen) atoms. The second kappa shape index (κ2) is 6.50. The molecule has 0 atom stereocenters. The van der Waals surface area contributed by atoms with E-state index in [0.29, 0.717) is 34.2 Å². The molecule has 1 aliphatic rings. The van der Waals surface area contributed by atoms with E-state index in [-0.39, 0.29) is 16.8 Å². The summed E-state index contributed by atoms with van der Waals surface area (Å²) in [5.41, 5.74) is 1.11. The zero-order valence-electron chi connectivity index (χ0n) is 14.7. The van der Waals surface area contributed by atoms with Gasteiger partial charge in [0.25, 0.3) is 11.5 Å². The Bertz CT molecular complexity index is 1100. The van der Waals surface area contributed by atoms with Crippen LogP contribution in [0.25, 0.3) is 10.6 Å². The van der Waals surface area contributed by atoms with Gasteiger partial charge in [0.1, 0.15) is 10.6 Å². The van der Waals surface area contributed by atoms with Crippen LogP contribution >= 0.6 is 22.7 Å². The van der Waals surface area contributed by atoms with Crippen molar-refractivity contribution in [3.63, 3.8) is 0 Å². The number of nitrogens with zero attached hydrogens (tertiary/aromatic N) is 2. The Kier molecular flexibility index (Phi) is 4.27. The average Bonchev–Trinajstić information content (AvgIpc) is 3.24. The summed E-state index contributed by atoms with van der Waals surface area (Å²) in [5, 5.41) is 15.4. The highest BCUT2D eigenvalue weighted by molar-refractivity contribution is 7.19. The Morgan fingerprint density at radius 3 is 2.81 bits per heavy atom. The number of aromatic nitrogens is 3. The number of H-pyrrole nitrogens is 1. The number of carbonyl (C=O) groups excluding carboxylic acids is 2. The van der Waals surface area contributed by atoms with Gasteiger partial charge < -0.3 is 4.98 Å². The maximum absolute atomic E-state index is 12.5. The molecule has 0 saturated carbocycles. The zero-order valence-corrected chi connectivity index (χ0v) is 16.3. The normalized spacial score (nSPS) is 15.4. The van der Waals surface area contributed by atoms with Gasteiger partial charge in [0.15, 0.2) is 5.78 Å². The van der Waals surface area contributed by atoms with E-state index < -0.39 is 11.5 Å². The van der Waals surface area contributed by atoms with Crippen LogP contribution in [0.4, 0.5) is 5.13 Å². The van der Waals surface area contributed by atoms with Gasteiger partial charge in [0.2, 0.25) is 5.13 Å². The number of Topliss-reactive ketones (excluding diaryl/α,β-unsaturated/α-hetero) is 1. The van der Waals surface area contributed by atoms with E-state index in [0.717, 1.165) is 5.56 Å². The number of rotatable bonds is 3. The average molecular weight is 400 g/mol. The van der Waals surface area contributed by atoms with Gasteiger partial charge in [-0.3, -0.25) is 19.7 Å². The number of amides is 1. The topological polar surface area (TPSA) is 105 Å². The molecule has 0 fully saturated rings. The molecule has 0 saturated heterocycles. The Balaban J connectivity index is 1.61. The molecule has 3 heterocycles. The molecule has 4 rings (SSSR count). The predicted octanol–water partition coefficient (Wildman–Crippen LogP) is 3.36. The molecule has 9 heteroatoms. The summed E-state index contributed by atoms with van der Waals surface area (Å²) >= 11 is 2.77. The highest BCUT2D eigenvalue weighted by Crippen LogP contribution is 2.33. The van der Waals surface area contributed by atoms with Crippen molar-refractivity contribution in [2.75, 3.05) is 5.32 Å². The van der Waals surface area contributed by atoms with Gasteiger partial charge in [0, 0.05) is 28.6 Å². The fraction of sp³-hybridized carbons (Fsp3) is 0.278. The number of fused-ring (bicyclic) bond motifs is 1. The molecule has 1 aliphatic carbocycles. The number of hydrogen-bond acceptors (Lipinski definition) is 7. The summed E-state index contributed by atoms with van der Waals surface area (Å²) in [5.74, 6) is -0.674. The molecule has 0 bridgehead atoms. The lowest BCUT2D eigenvalue weighted by Crippen LogP contribution is -2.32. The van der Waals surface area contributed by atoms with Gasteiger partial charge in [-0.15, -0.1) is 10.2 Å². The first-order valence-corrected chi connectivity index (χ1v) is 10.1. The number of thiophene rings is 1. The molecule has 0 unspecified atom stereocenters. The van der Waals surface area contributed by atoms with E-state index in [1.807, 2.05) is 30.7 Å². The summed E-state index contributed by atoms with van der Waals surface area (Å²) in [4.78, 5) is 40.0. The van der Waals surface area contributed by atoms with Crippen LogP contribution in [0.5, 0.6) is 0 Å². The molecule has 0 aromatic carbocycles. The van der Waals surface area contributed by atoms with Gasteiger partial charge in [-0.25, -0.2) is 0 Å². The third-order valence-corrected chi connectivity index (χ3v) is 5.95. The fourth-order valence-electron chi connectivity index (χ4n) is 3.14. The first-order chi connectivity index (χ1) is 12.8. The summed E-state index contributed by atoms with van der Waals surface area (Å²) < 4.78 is 0. The van der Waals surface area contributed by atoms with Crippen molar-refractivity contribution >= 4 is 39.5 Å². The number of nitrogens with one attached hydrogen (secondary N) is 2. The Hall–Kier alpha value is -2.65. The summed E-state index contributed by atoms with van der Waals surface area (Å²) in [6, 6.07) is 3.31. The Morgan fingerprint density at radius 1 is 1.26 bits per heavy atom. The fourth-order valence-corrected chi connectivity index (χ4v) is 4.59. The standard InChI is InChI=1S/C18H16N4O3S2/c1-18(2)6-12-10(13(23)7-18)5-11(14(24)19-12)15(25)20-17-22-21-16(27-17)9-3-4-26-8-9/h3-5,8H,6-7H2,1-2H3,(H,19,24)(H,20,22,25). The van der Waals surface area contributed by atoms with E-state index >= 15 is 0 Å². The predicted molar refractivity (Wildman–Crippen MR) is 105 cm³/mol. The molecule has 1 amide bonds. The van der Waals surface area contributed by atoms with E-state index in [1.54, 1.807) is 11.3 Å². The monoisotopic (exact) mass is 400 g/mol. The van der Waals surface area contributed by atoms with Crippen molar-refractivity contribution in [3.05, 3.63) is 50.1 Å². The Labute approximate surface area is 162 Å². The van der Waals surface area contributed by atoms with Gasteiger partial charge >= 0.3 is 0 Å². The number of hydrogen-bond donors (Lipinski definition) is 2. The molecule has 3 aromatic rings. The SMILES string of the molecule is CC1(C)CC(=O)c2cc(C(=O)Nc3nnc(-c4ccsc4)s3)c(=O)[nH]c2C1. The first kappa shape index (κ1) is 17.7. The van der Waals surface area contributed by atoms with Crippen molar-refractivity contribution in [3.8, 4) is 10.6 Å². The second-order valence-electron chi connectivity index (χ2n) is 7.22. The van der Waals surface area contributed by atoms with Crippen molar-refractivity contribution in [1.29, 1.82) is 0 Å². The van der Waals surface area contributed by atoms with Crippen LogP contribution in [-0.4, -0.2) is 26.9 Å². The van der Waals surface area contributed by atoms with Gasteiger partial charge in [-0.2, -0.15) is 11.3 Å². The van der Waals surface area contributed by atoms with Gasteiger partial charge in [0.05, 0.1) is 0 Å². The summed E-state index contributed by atoms with van der Waals surface area (Å²) in [6.07, 6.45) is 0.971. The third kappa shape index (κ3) is 3.47. The maximum atomic E-state index is 12.5. The van der Waals surface area contributed by atoms with Crippen molar-refractivity contribution in [1.82, 2.24) is 15.2 Å². The van der Waals surface area contributed by atoms with Gasteiger partial charge in [-0.05, 0) is 29.3 Å². The second-order valence-corrected chi connectivity index (χ2v) is 8.98. The Morgan fingerprint density at radius 2 is 2.07 bits per heavy atom. The molecular weight excluding hydrogens is 384 g/mol. The number of aromatic amines is 1. The highest BCUT2D eigenvalue weighted by Gasteiger charge is 2.32. The molecule has 138 valence electrons. The number of ketones is 1. The molecule has 0 radical (unpaired) electrons. The smallest absolute Gasteiger partial charge is 0.263 e. The van der Waals surface area contributed by atoms with E-state index in [1.165, 1.54) is 17.4 Å². The van der Waals surface area contributed by atoms with Crippen molar-refractivity contribution in [2.45, 2.75) is 26.7 Å². The third-order valence-electron chi connectivity index (χ3n) is 4.38. The lowest BCUT2D eigenvalue weighted by atomic mass is 9.75. The molecule has 7 nitrogen and oxygen atoms in total. The maximum Gasteiger partial charge on any atom is 0.263 e. The van der Waals surface area contributed by atoms with E-state index in [2.05, 4.69) is 20.5 Å². The van der Waals surface area contributed by atoms with Crippen LogP contribution in [0.15, 0.2) is 27.7 Å². The van der Waals surface area contributed by atoms with Gasteiger partial charge in [-0.1, -0.05) is 25.2 Å². The number of carbonyl (C=O) groups is 2. The van der Waals surface area contributed by atoms with Crippen LogP contribution < -0.4 is 10.9 Å². The molecule has 3 aromatic heterocycles. The zero-order chi connectivity index (χ0) is 19.2. The van der Waals surface area contributed by atoms with Crippen LogP contribution in [0.2, 0.25) is 0 Å². The van der Waals surface area contributed by atoms with E-state index in [4.69, 9.17) is 0 Å². The van der Waals surface area contributed by atoms with Crippen LogP contribution in [0.3, 0.4) is 0 Å². The number of anilines is 1. The highest BCUT2D eigenvalue weighted by atomic mass is 32.1. The quantitative estimate of drug-likeness (QED) is 0.701. The lowest BCUT2D eigenvalue weighted by molar-refractivity contribution is 0.0910. The minimum absolute atomic E-state index is 0.0674. The first-order valence-electron chi connectivity index (χ1n) is 8.29. The lowest BCUT2D eigenvalue weighted by Gasteiger charge is -2.29. The molecular formula is C18H16N4O3S2. The molecule has 0 spiro atoms. The largest absolute Gasteiger partial charge is 0.325 e. The summed E-state index contributed by atoms with van der Waals surface area (Å²) in [6.45, 7) is 3.96. The van der Waals surface area contributed by atoms with E-state index in [9.17, 15) is 14.4 Å². The number of pyridine rings is 1. The van der Waals surface area contributed by atoms with Crippen LogP contribution in [-0.2, 0) is 6.42 Å². The minimum atomic E-state index is -0.607.